The van der Waals surface area contributed by atoms with E-state index in [-0.39, 0.29) is 11.8 Å². The zero-order chi connectivity index (χ0) is 17.3. The largest absolute Gasteiger partial charge is 0.325 e. The van der Waals surface area contributed by atoms with Crippen LogP contribution in [0.2, 0.25) is 5.02 Å². The van der Waals surface area contributed by atoms with Crippen molar-refractivity contribution in [2.75, 3.05) is 10.6 Å². The number of nitrogens with one attached hydrogen (secondary N) is 2. The first kappa shape index (κ1) is 16.5. The van der Waals surface area contributed by atoms with Gasteiger partial charge in [0.05, 0.1) is 0 Å². The number of benzene rings is 2. The van der Waals surface area contributed by atoms with Gasteiger partial charge in [0, 0.05) is 16.4 Å². The van der Waals surface area contributed by atoms with Crippen molar-refractivity contribution in [3.05, 3.63) is 58.6 Å². The van der Waals surface area contributed by atoms with Crippen LogP contribution in [-0.4, -0.2) is 11.8 Å². The summed E-state index contributed by atoms with van der Waals surface area (Å²) in [7, 11) is 0. The summed E-state index contributed by atoms with van der Waals surface area (Å²) in [5, 5.41) is 6.27. The standard InChI is InChI=1S/C19H19ClN2O2/c1-12-7-8-14(11-15(12)20)21-17(23)19(9-10-19)18(24)22-16-6-4-3-5-13(16)2/h3-8,11H,9-10H2,1-2H3,(H,21,23)(H,22,24). The van der Waals surface area contributed by atoms with Crippen LogP contribution in [0.1, 0.15) is 24.0 Å². The molecule has 1 saturated carbocycles. The SMILES string of the molecule is Cc1ccc(NC(=O)C2(C(=O)Nc3ccccc3C)CC2)cc1Cl. The fourth-order valence-corrected chi connectivity index (χ4v) is 2.74. The molecule has 0 radical (unpaired) electrons. The Balaban J connectivity index is 1.73. The van der Waals surface area contributed by atoms with Crippen molar-refractivity contribution in [2.45, 2.75) is 26.7 Å². The van der Waals surface area contributed by atoms with Crippen molar-refractivity contribution in [1.29, 1.82) is 0 Å². The van der Waals surface area contributed by atoms with Crippen molar-refractivity contribution in [2.24, 2.45) is 5.41 Å². The smallest absolute Gasteiger partial charge is 0.240 e. The fourth-order valence-electron chi connectivity index (χ4n) is 2.56. The molecule has 0 spiro atoms. The number of para-hydroxylation sites is 1. The molecule has 2 N–H and O–H groups in total. The molecule has 0 aliphatic heterocycles. The molecular formula is C19H19ClN2O2. The molecular weight excluding hydrogens is 324 g/mol. The molecule has 5 heteroatoms. The second-order valence-corrected chi connectivity index (χ2v) is 6.68. The number of anilines is 2. The van der Waals surface area contributed by atoms with Crippen LogP contribution in [0.25, 0.3) is 0 Å². The van der Waals surface area contributed by atoms with Gasteiger partial charge in [0.15, 0.2) is 0 Å². The Morgan fingerprint density at radius 2 is 1.62 bits per heavy atom. The first-order valence-corrected chi connectivity index (χ1v) is 8.25. The Labute approximate surface area is 146 Å². The average Bonchev–Trinajstić information content (AvgIpc) is 3.35. The summed E-state index contributed by atoms with van der Waals surface area (Å²) in [5.41, 5.74) is 2.26. The molecule has 24 heavy (non-hydrogen) atoms. The van der Waals surface area contributed by atoms with Gasteiger partial charge < -0.3 is 10.6 Å². The maximum absolute atomic E-state index is 12.6. The monoisotopic (exact) mass is 342 g/mol. The Hall–Kier alpha value is -2.33. The van der Waals surface area contributed by atoms with Crippen LogP contribution in [0, 0.1) is 19.3 Å². The lowest BCUT2D eigenvalue weighted by Gasteiger charge is -2.16. The second-order valence-electron chi connectivity index (χ2n) is 6.27. The summed E-state index contributed by atoms with van der Waals surface area (Å²) in [6, 6.07) is 12.8. The van der Waals surface area contributed by atoms with Gasteiger partial charge in [-0.25, -0.2) is 0 Å². The van der Waals surface area contributed by atoms with Gasteiger partial charge in [-0.2, -0.15) is 0 Å². The van der Waals surface area contributed by atoms with E-state index in [9.17, 15) is 9.59 Å². The Morgan fingerprint density at radius 3 is 2.25 bits per heavy atom. The molecule has 2 aromatic rings. The van der Waals surface area contributed by atoms with Gasteiger partial charge in [0.2, 0.25) is 11.8 Å². The predicted molar refractivity (Wildman–Crippen MR) is 96.3 cm³/mol. The van der Waals surface area contributed by atoms with Crippen LogP contribution < -0.4 is 10.6 Å². The molecule has 1 fully saturated rings. The van der Waals surface area contributed by atoms with E-state index in [1.807, 2.05) is 44.2 Å². The average molecular weight is 343 g/mol. The van der Waals surface area contributed by atoms with Crippen molar-refractivity contribution in [3.63, 3.8) is 0 Å². The second kappa shape index (κ2) is 6.29. The van der Waals surface area contributed by atoms with Crippen molar-refractivity contribution in [3.8, 4) is 0 Å². The van der Waals surface area contributed by atoms with Crippen LogP contribution in [0.5, 0.6) is 0 Å². The van der Waals surface area contributed by atoms with Gasteiger partial charge in [0.1, 0.15) is 5.41 Å². The Bertz CT molecular complexity index is 813. The third kappa shape index (κ3) is 3.15. The number of halogens is 1. The normalized spacial score (nSPS) is 14.8. The molecule has 3 rings (SSSR count). The van der Waals surface area contributed by atoms with Gasteiger partial charge in [-0.05, 0) is 56.0 Å². The number of carbonyl (C=O) groups is 2. The van der Waals surface area contributed by atoms with Crippen molar-refractivity contribution < 1.29 is 9.59 Å². The molecule has 0 saturated heterocycles. The minimum absolute atomic E-state index is 0.257. The number of hydrogen-bond donors (Lipinski definition) is 2. The number of carbonyl (C=O) groups excluding carboxylic acids is 2. The third-order valence-electron chi connectivity index (χ3n) is 4.44. The molecule has 0 unspecified atom stereocenters. The molecule has 2 aromatic carbocycles. The van der Waals surface area contributed by atoms with E-state index in [0.717, 1.165) is 16.8 Å². The van der Waals surface area contributed by atoms with Gasteiger partial charge in [-0.1, -0.05) is 35.9 Å². The summed E-state index contributed by atoms with van der Waals surface area (Å²) < 4.78 is 0. The molecule has 0 atom stereocenters. The quantitative estimate of drug-likeness (QED) is 0.813. The molecule has 1 aliphatic carbocycles. The highest BCUT2D eigenvalue weighted by molar-refractivity contribution is 6.31. The first-order valence-electron chi connectivity index (χ1n) is 7.87. The van der Waals surface area contributed by atoms with E-state index >= 15 is 0 Å². The van der Waals surface area contributed by atoms with E-state index < -0.39 is 5.41 Å². The minimum Gasteiger partial charge on any atom is -0.325 e. The summed E-state index contributed by atoms with van der Waals surface area (Å²) >= 11 is 6.08. The van der Waals surface area contributed by atoms with E-state index in [0.29, 0.717) is 23.6 Å². The highest BCUT2D eigenvalue weighted by atomic mass is 35.5. The van der Waals surface area contributed by atoms with E-state index in [1.54, 1.807) is 12.1 Å². The van der Waals surface area contributed by atoms with Crippen LogP contribution >= 0.6 is 11.6 Å². The molecule has 1 aliphatic rings. The summed E-state index contributed by atoms with van der Waals surface area (Å²) in [5.74, 6) is -0.541. The topological polar surface area (TPSA) is 58.2 Å². The van der Waals surface area contributed by atoms with Gasteiger partial charge in [-0.15, -0.1) is 0 Å². The molecule has 0 heterocycles. The summed E-state index contributed by atoms with van der Waals surface area (Å²) in [6.45, 7) is 3.81. The lowest BCUT2D eigenvalue weighted by Crippen LogP contribution is -2.35. The molecule has 2 amide bonds. The zero-order valence-electron chi connectivity index (χ0n) is 13.7. The van der Waals surface area contributed by atoms with Crippen molar-refractivity contribution >= 4 is 34.8 Å². The Kier molecular flexibility index (Phi) is 4.33. The predicted octanol–water partition coefficient (Wildman–Crippen LogP) is 4.31. The minimum atomic E-state index is -0.986. The number of hydrogen-bond acceptors (Lipinski definition) is 2. The van der Waals surface area contributed by atoms with Crippen LogP contribution in [0.4, 0.5) is 11.4 Å². The lowest BCUT2D eigenvalue weighted by atomic mass is 10.0. The van der Waals surface area contributed by atoms with Gasteiger partial charge in [0.25, 0.3) is 0 Å². The number of aryl methyl sites for hydroxylation is 2. The zero-order valence-corrected chi connectivity index (χ0v) is 14.4. The van der Waals surface area contributed by atoms with E-state index in [2.05, 4.69) is 10.6 Å². The Morgan fingerprint density at radius 1 is 0.958 bits per heavy atom. The summed E-state index contributed by atoms with van der Waals surface area (Å²) in [6.07, 6.45) is 1.10. The van der Waals surface area contributed by atoms with Crippen LogP contribution in [0.15, 0.2) is 42.5 Å². The van der Waals surface area contributed by atoms with E-state index in [1.165, 1.54) is 0 Å². The molecule has 124 valence electrons. The van der Waals surface area contributed by atoms with Gasteiger partial charge in [-0.3, -0.25) is 9.59 Å². The lowest BCUT2D eigenvalue weighted by molar-refractivity contribution is -0.131. The first-order chi connectivity index (χ1) is 11.4. The molecule has 0 aromatic heterocycles. The van der Waals surface area contributed by atoms with Gasteiger partial charge >= 0.3 is 0 Å². The maximum Gasteiger partial charge on any atom is 0.240 e. The van der Waals surface area contributed by atoms with Crippen LogP contribution in [0.3, 0.4) is 0 Å². The van der Waals surface area contributed by atoms with E-state index in [4.69, 9.17) is 11.6 Å². The summed E-state index contributed by atoms with van der Waals surface area (Å²) in [4.78, 5) is 25.2. The fraction of sp³-hybridized carbons (Fsp3) is 0.263. The molecule has 0 bridgehead atoms. The number of amides is 2. The molecule has 4 nitrogen and oxygen atoms in total. The number of rotatable bonds is 4. The highest BCUT2D eigenvalue weighted by Gasteiger charge is 2.56. The maximum atomic E-state index is 12.6. The highest BCUT2D eigenvalue weighted by Crippen LogP contribution is 2.47. The third-order valence-corrected chi connectivity index (χ3v) is 4.85. The van der Waals surface area contributed by atoms with Crippen LogP contribution in [-0.2, 0) is 9.59 Å². The van der Waals surface area contributed by atoms with Crippen molar-refractivity contribution in [1.82, 2.24) is 0 Å².